The lowest BCUT2D eigenvalue weighted by Crippen LogP contribution is -2.32. The van der Waals surface area contributed by atoms with Gasteiger partial charge in [0.05, 0.1) is 18.3 Å². The summed E-state index contributed by atoms with van der Waals surface area (Å²) in [5, 5.41) is 13.6. The summed E-state index contributed by atoms with van der Waals surface area (Å²) in [6, 6.07) is 15.6. The molecule has 0 radical (unpaired) electrons. The third kappa shape index (κ3) is 4.90. The molecule has 9 nitrogen and oxygen atoms in total. The molecule has 2 aromatic carbocycles. The van der Waals surface area contributed by atoms with Gasteiger partial charge in [-0.15, -0.1) is 0 Å². The van der Waals surface area contributed by atoms with Gasteiger partial charge in [-0.05, 0) is 43.5 Å². The van der Waals surface area contributed by atoms with E-state index in [0.29, 0.717) is 48.5 Å². The fraction of sp³-hybridized carbons (Fsp3) is 0.286. The molecule has 1 unspecified atom stereocenters. The van der Waals surface area contributed by atoms with Crippen molar-refractivity contribution in [1.82, 2.24) is 21.1 Å². The molecule has 2 amide bonds. The zero-order chi connectivity index (χ0) is 25.9. The van der Waals surface area contributed by atoms with Crippen molar-refractivity contribution >= 4 is 23.3 Å². The van der Waals surface area contributed by atoms with Crippen LogP contribution in [0.15, 0.2) is 69.9 Å². The van der Waals surface area contributed by atoms with Crippen molar-refractivity contribution in [3.05, 3.63) is 94.1 Å². The zero-order valence-corrected chi connectivity index (χ0v) is 21.2. The Morgan fingerprint density at radius 3 is 2.62 bits per heavy atom. The number of hydrogen-bond acceptors (Lipinski definition) is 6. The second-order valence-electron chi connectivity index (χ2n) is 9.19. The molecule has 0 saturated carbocycles. The number of nitrogens with one attached hydrogen (secondary N) is 3. The van der Waals surface area contributed by atoms with Crippen LogP contribution in [-0.4, -0.2) is 42.9 Å². The Labute approximate surface area is 215 Å². The third-order valence-electron chi connectivity index (χ3n) is 6.76. The van der Waals surface area contributed by atoms with Gasteiger partial charge in [-0.1, -0.05) is 41.6 Å². The molecule has 2 aliphatic heterocycles. The molecule has 2 aliphatic rings. The number of para-hydroxylation sites is 1. The number of carbonyl (C=O) groups excluding carboxylic acids is 2. The number of aryl methyl sites for hydroxylation is 2. The van der Waals surface area contributed by atoms with Crippen LogP contribution in [0.5, 0.6) is 0 Å². The number of benzene rings is 2. The van der Waals surface area contributed by atoms with Gasteiger partial charge in [-0.25, -0.2) is 0 Å². The smallest absolute Gasteiger partial charge is 0.260 e. The molecule has 1 aromatic heterocycles. The first-order valence-corrected chi connectivity index (χ1v) is 12.4. The standard InChI is InChI=1S/C28H30N6O3/c1-17-25(18(2)37-33-17)27(35)32-19-12-13-24(31-16-19)29-14-15-30-26-20-8-4-5-9-21(20)28(36)34(3)23-11-7-6-10-22(23)26/h4-11,16,26,30H,12-15H2,1-3H3,(H,29,31)(H,32,35). The van der Waals surface area contributed by atoms with E-state index < -0.39 is 0 Å². The van der Waals surface area contributed by atoms with Gasteiger partial charge in [-0.3, -0.25) is 14.6 Å². The summed E-state index contributed by atoms with van der Waals surface area (Å²) < 4.78 is 5.09. The minimum absolute atomic E-state index is 0.0111. The molecular weight excluding hydrogens is 468 g/mol. The monoisotopic (exact) mass is 498 g/mol. The lowest BCUT2D eigenvalue weighted by molar-refractivity contribution is 0.0960. The lowest BCUT2D eigenvalue weighted by Gasteiger charge is -2.22. The Morgan fingerprint density at radius 2 is 1.89 bits per heavy atom. The average molecular weight is 499 g/mol. The van der Waals surface area contributed by atoms with Gasteiger partial charge >= 0.3 is 0 Å². The van der Waals surface area contributed by atoms with Gasteiger partial charge in [-0.2, -0.15) is 0 Å². The van der Waals surface area contributed by atoms with Crippen LogP contribution in [-0.2, 0) is 0 Å². The van der Waals surface area contributed by atoms with E-state index in [1.54, 1.807) is 24.9 Å². The fourth-order valence-electron chi connectivity index (χ4n) is 4.86. The van der Waals surface area contributed by atoms with Gasteiger partial charge < -0.3 is 25.4 Å². The highest BCUT2D eigenvalue weighted by Gasteiger charge is 2.30. The number of rotatable bonds is 6. The van der Waals surface area contributed by atoms with Crippen LogP contribution < -0.4 is 20.9 Å². The second-order valence-corrected chi connectivity index (χ2v) is 9.19. The topological polar surface area (TPSA) is 112 Å². The molecule has 3 heterocycles. The van der Waals surface area contributed by atoms with Crippen LogP contribution in [0.3, 0.4) is 0 Å². The highest BCUT2D eigenvalue weighted by Crippen LogP contribution is 2.36. The number of aromatic nitrogens is 1. The van der Waals surface area contributed by atoms with Crippen LogP contribution >= 0.6 is 0 Å². The molecule has 3 aromatic rings. The van der Waals surface area contributed by atoms with E-state index in [1.165, 1.54) is 0 Å². The predicted molar refractivity (Wildman–Crippen MR) is 142 cm³/mol. The first-order valence-electron chi connectivity index (χ1n) is 12.4. The number of aliphatic imine (C=N–C) groups is 1. The highest BCUT2D eigenvalue weighted by molar-refractivity contribution is 6.08. The second kappa shape index (κ2) is 10.4. The van der Waals surface area contributed by atoms with Gasteiger partial charge in [0.1, 0.15) is 17.2 Å². The van der Waals surface area contributed by atoms with Crippen molar-refractivity contribution in [2.24, 2.45) is 4.99 Å². The van der Waals surface area contributed by atoms with Crippen LogP contribution in [0.2, 0.25) is 0 Å². The number of amidine groups is 1. The molecule has 3 N–H and O–H groups in total. The minimum Gasteiger partial charge on any atom is -0.361 e. The molecule has 1 atom stereocenters. The number of amides is 2. The Balaban J connectivity index is 1.22. The minimum atomic E-state index is -0.220. The fourth-order valence-corrected chi connectivity index (χ4v) is 4.86. The van der Waals surface area contributed by atoms with Crippen molar-refractivity contribution in [1.29, 1.82) is 0 Å². The van der Waals surface area contributed by atoms with Crippen LogP contribution in [0, 0.1) is 13.8 Å². The SMILES string of the molecule is Cc1noc(C)c1C(=O)NC1=CNC(=NCCNC2c3ccccc3C(=O)N(C)c3ccccc32)CC1. The van der Waals surface area contributed by atoms with E-state index in [9.17, 15) is 9.59 Å². The molecule has 0 spiro atoms. The Hall–Kier alpha value is -4.24. The van der Waals surface area contributed by atoms with Crippen LogP contribution in [0.4, 0.5) is 5.69 Å². The van der Waals surface area contributed by atoms with Crippen molar-refractivity contribution in [2.45, 2.75) is 32.7 Å². The third-order valence-corrected chi connectivity index (χ3v) is 6.76. The predicted octanol–water partition coefficient (Wildman–Crippen LogP) is 3.61. The van der Waals surface area contributed by atoms with Crippen molar-refractivity contribution in [3.63, 3.8) is 0 Å². The van der Waals surface area contributed by atoms with Crippen molar-refractivity contribution in [3.8, 4) is 0 Å². The van der Waals surface area contributed by atoms with E-state index in [4.69, 9.17) is 9.52 Å². The number of allylic oxidation sites excluding steroid dienone is 1. The van der Waals surface area contributed by atoms with Gasteiger partial charge in [0, 0.05) is 43.2 Å². The number of carbonyl (C=O) groups is 2. The Bertz CT molecular complexity index is 1390. The molecule has 0 bridgehead atoms. The van der Waals surface area contributed by atoms with E-state index in [1.807, 2.05) is 49.5 Å². The Morgan fingerprint density at radius 1 is 1.14 bits per heavy atom. The molecule has 0 aliphatic carbocycles. The van der Waals surface area contributed by atoms with Gasteiger partial charge in [0.15, 0.2) is 0 Å². The summed E-state index contributed by atoms with van der Waals surface area (Å²) in [6.07, 6.45) is 3.15. The van der Waals surface area contributed by atoms with Crippen LogP contribution in [0.25, 0.3) is 0 Å². The summed E-state index contributed by atoms with van der Waals surface area (Å²) in [4.78, 5) is 32.1. The van der Waals surface area contributed by atoms with Crippen LogP contribution in [0.1, 0.15) is 62.2 Å². The maximum Gasteiger partial charge on any atom is 0.260 e. The summed E-state index contributed by atoms with van der Waals surface area (Å²) in [5.74, 6) is 1.14. The highest BCUT2D eigenvalue weighted by atomic mass is 16.5. The van der Waals surface area contributed by atoms with E-state index in [0.717, 1.165) is 28.3 Å². The number of nitrogens with zero attached hydrogens (tertiary/aromatic N) is 3. The largest absolute Gasteiger partial charge is 0.361 e. The van der Waals surface area contributed by atoms with E-state index >= 15 is 0 Å². The Kier molecular flexibility index (Phi) is 6.87. The number of fused-ring (bicyclic) bond motifs is 2. The summed E-state index contributed by atoms with van der Waals surface area (Å²) >= 11 is 0. The maximum atomic E-state index is 13.1. The summed E-state index contributed by atoms with van der Waals surface area (Å²) in [5.41, 5.74) is 5.48. The van der Waals surface area contributed by atoms with E-state index in [-0.39, 0.29) is 17.9 Å². The van der Waals surface area contributed by atoms with Gasteiger partial charge in [0.25, 0.3) is 11.8 Å². The molecule has 9 heteroatoms. The molecule has 0 saturated heterocycles. The normalized spacial score (nSPS) is 18.0. The first-order chi connectivity index (χ1) is 17.9. The summed E-state index contributed by atoms with van der Waals surface area (Å²) in [6.45, 7) is 4.68. The zero-order valence-electron chi connectivity index (χ0n) is 21.2. The van der Waals surface area contributed by atoms with Crippen molar-refractivity contribution < 1.29 is 14.1 Å². The number of hydrogen-bond donors (Lipinski definition) is 3. The van der Waals surface area contributed by atoms with Gasteiger partial charge in [0.2, 0.25) is 0 Å². The average Bonchev–Trinajstić information content (AvgIpc) is 3.22. The number of anilines is 1. The lowest BCUT2D eigenvalue weighted by atomic mass is 9.95. The molecule has 190 valence electrons. The molecule has 37 heavy (non-hydrogen) atoms. The van der Waals surface area contributed by atoms with Crippen molar-refractivity contribution in [2.75, 3.05) is 25.0 Å². The summed E-state index contributed by atoms with van der Waals surface area (Å²) in [7, 11) is 1.82. The quantitative estimate of drug-likeness (QED) is 0.448. The molecule has 0 fully saturated rings. The first kappa shape index (κ1) is 24.5. The molecule has 5 rings (SSSR count). The molecular formula is C28H30N6O3. The maximum absolute atomic E-state index is 13.1. The van der Waals surface area contributed by atoms with E-state index in [2.05, 4.69) is 27.2 Å².